The second kappa shape index (κ2) is 11.3. The molecule has 0 saturated heterocycles. The van der Waals surface area contributed by atoms with Gasteiger partial charge in [-0.15, -0.1) is 0 Å². The third-order valence-corrected chi connectivity index (χ3v) is 8.81. The number of aromatic nitrogens is 4. The molecule has 5 heteroatoms. The molecule has 0 amide bonds. The van der Waals surface area contributed by atoms with Gasteiger partial charge in [0.15, 0.2) is 17.5 Å². The summed E-state index contributed by atoms with van der Waals surface area (Å²) >= 11 is 0. The Hall–Kier alpha value is -5.60. The standard InChI is InChI=1S/C42H37N5/c1-41(2,3)31-18-21-36-33(24-31)34-25-32(42(4,5)6)19-22-37(34)47(36)35-20-17-29(23-30(35)26-43)40-45-38(27-13-9-7-10-14-27)44-39(46-40)28-15-11-8-12-16-28/h7-25H,1-6H3. The summed E-state index contributed by atoms with van der Waals surface area (Å²) in [6, 6.07) is 41.7. The van der Waals surface area contributed by atoms with Crippen molar-refractivity contribution in [3.63, 3.8) is 0 Å². The second-order valence-corrected chi connectivity index (χ2v) is 14.2. The van der Waals surface area contributed by atoms with Crippen LogP contribution in [0, 0.1) is 11.3 Å². The zero-order chi connectivity index (χ0) is 32.9. The first-order valence-electron chi connectivity index (χ1n) is 16.0. The van der Waals surface area contributed by atoms with E-state index in [9.17, 15) is 5.26 Å². The Morgan fingerprint density at radius 1 is 0.511 bits per heavy atom. The van der Waals surface area contributed by atoms with Crippen molar-refractivity contribution in [1.82, 2.24) is 19.5 Å². The molecular weight excluding hydrogens is 574 g/mol. The summed E-state index contributed by atoms with van der Waals surface area (Å²) in [4.78, 5) is 14.6. The van der Waals surface area contributed by atoms with E-state index in [2.05, 4.69) is 88.6 Å². The number of rotatable bonds is 4. The normalized spacial score (nSPS) is 12.0. The molecule has 0 spiro atoms. The van der Waals surface area contributed by atoms with Gasteiger partial charge in [0.1, 0.15) is 6.07 Å². The summed E-state index contributed by atoms with van der Waals surface area (Å²) in [5.41, 5.74) is 8.64. The lowest BCUT2D eigenvalue weighted by Crippen LogP contribution is -2.10. The first-order chi connectivity index (χ1) is 22.5. The Balaban J connectivity index is 1.44. The summed E-state index contributed by atoms with van der Waals surface area (Å²) in [5, 5.41) is 13.0. The maximum Gasteiger partial charge on any atom is 0.164 e. The highest BCUT2D eigenvalue weighted by molar-refractivity contribution is 6.10. The van der Waals surface area contributed by atoms with Crippen molar-refractivity contribution in [2.24, 2.45) is 0 Å². The van der Waals surface area contributed by atoms with Gasteiger partial charge in [0, 0.05) is 27.5 Å². The van der Waals surface area contributed by atoms with Crippen LogP contribution in [0.1, 0.15) is 58.2 Å². The molecule has 0 fully saturated rings. The molecule has 5 nitrogen and oxygen atoms in total. The Morgan fingerprint density at radius 3 is 1.38 bits per heavy atom. The second-order valence-electron chi connectivity index (χ2n) is 14.2. The number of nitrogens with zero attached hydrogens (tertiary/aromatic N) is 5. The van der Waals surface area contributed by atoms with Gasteiger partial charge >= 0.3 is 0 Å². The van der Waals surface area contributed by atoms with E-state index in [0.717, 1.165) is 33.4 Å². The first kappa shape index (κ1) is 30.1. The van der Waals surface area contributed by atoms with Gasteiger partial charge in [-0.05, 0) is 64.4 Å². The number of benzene rings is 5. The van der Waals surface area contributed by atoms with E-state index in [1.54, 1.807) is 0 Å². The quantitative estimate of drug-likeness (QED) is 0.199. The van der Waals surface area contributed by atoms with Crippen LogP contribution in [0.2, 0.25) is 0 Å². The van der Waals surface area contributed by atoms with Gasteiger partial charge < -0.3 is 4.57 Å². The molecule has 0 aliphatic carbocycles. The van der Waals surface area contributed by atoms with Crippen molar-refractivity contribution in [1.29, 1.82) is 5.26 Å². The molecule has 0 atom stereocenters. The predicted molar refractivity (Wildman–Crippen MR) is 193 cm³/mol. The van der Waals surface area contributed by atoms with Crippen molar-refractivity contribution in [2.75, 3.05) is 0 Å². The summed E-state index contributed by atoms with van der Waals surface area (Å²) in [5.74, 6) is 1.69. The van der Waals surface area contributed by atoms with Gasteiger partial charge in [-0.2, -0.15) is 5.26 Å². The van der Waals surface area contributed by atoms with Gasteiger partial charge in [0.2, 0.25) is 0 Å². The van der Waals surface area contributed by atoms with E-state index < -0.39 is 0 Å². The minimum Gasteiger partial charge on any atom is -0.308 e. The predicted octanol–water partition coefficient (Wildman–Crippen LogP) is 10.4. The van der Waals surface area contributed by atoms with Gasteiger partial charge in [-0.1, -0.05) is 114 Å². The van der Waals surface area contributed by atoms with Crippen molar-refractivity contribution < 1.29 is 0 Å². The third kappa shape index (κ3) is 5.57. The average Bonchev–Trinajstić information content (AvgIpc) is 3.41. The molecule has 0 unspecified atom stereocenters. The van der Waals surface area contributed by atoms with Crippen LogP contribution < -0.4 is 0 Å². The van der Waals surface area contributed by atoms with Crippen LogP contribution in [-0.4, -0.2) is 19.5 Å². The average molecular weight is 612 g/mol. The van der Waals surface area contributed by atoms with Crippen molar-refractivity contribution >= 4 is 21.8 Å². The smallest absolute Gasteiger partial charge is 0.164 e. The number of hydrogen-bond donors (Lipinski definition) is 0. The molecule has 0 saturated carbocycles. The highest BCUT2D eigenvalue weighted by Crippen LogP contribution is 2.38. The molecule has 2 aromatic heterocycles. The van der Waals surface area contributed by atoms with E-state index >= 15 is 0 Å². The highest BCUT2D eigenvalue weighted by atomic mass is 15.0. The van der Waals surface area contributed by atoms with Gasteiger partial charge in [0.25, 0.3) is 0 Å². The number of fused-ring (bicyclic) bond motifs is 3. The van der Waals surface area contributed by atoms with E-state index in [4.69, 9.17) is 15.0 Å². The van der Waals surface area contributed by atoms with Crippen LogP contribution in [0.25, 0.3) is 61.7 Å². The van der Waals surface area contributed by atoms with Crippen LogP contribution in [0.5, 0.6) is 0 Å². The SMILES string of the molecule is CC(C)(C)c1ccc2c(c1)c1cc(C(C)(C)C)ccc1n2-c1ccc(-c2nc(-c3ccccc3)nc(-c3ccccc3)n2)cc1C#N. The molecule has 0 N–H and O–H groups in total. The Morgan fingerprint density at radius 2 is 0.957 bits per heavy atom. The van der Waals surface area contributed by atoms with E-state index in [0.29, 0.717) is 23.0 Å². The number of nitriles is 1. The van der Waals surface area contributed by atoms with Crippen LogP contribution in [0.15, 0.2) is 115 Å². The van der Waals surface area contributed by atoms with Crippen molar-refractivity contribution in [3.05, 3.63) is 132 Å². The minimum absolute atomic E-state index is 0.00542. The Labute approximate surface area is 276 Å². The molecule has 0 bridgehead atoms. The molecule has 0 radical (unpaired) electrons. The van der Waals surface area contributed by atoms with Crippen molar-refractivity contribution in [3.8, 4) is 45.9 Å². The maximum atomic E-state index is 10.6. The highest BCUT2D eigenvalue weighted by Gasteiger charge is 2.22. The molecule has 0 aliphatic rings. The van der Waals surface area contributed by atoms with Crippen LogP contribution in [0.4, 0.5) is 0 Å². The van der Waals surface area contributed by atoms with Crippen LogP contribution in [0.3, 0.4) is 0 Å². The number of hydrogen-bond acceptors (Lipinski definition) is 4. The Bertz CT molecular complexity index is 2180. The zero-order valence-electron chi connectivity index (χ0n) is 27.7. The van der Waals surface area contributed by atoms with Gasteiger partial charge in [-0.25, -0.2) is 15.0 Å². The summed E-state index contributed by atoms with van der Waals surface area (Å²) in [7, 11) is 0. The molecule has 2 heterocycles. The Kier molecular flexibility index (Phi) is 7.25. The lowest BCUT2D eigenvalue weighted by molar-refractivity contribution is 0.590. The molecule has 5 aromatic carbocycles. The van der Waals surface area contributed by atoms with E-state index in [-0.39, 0.29) is 10.8 Å². The third-order valence-electron chi connectivity index (χ3n) is 8.81. The monoisotopic (exact) mass is 611 g/mol. The molecule has 7 rings (SSSR count). The maximum absolute atomic E-state index is 10.6. The summed E-state index contributed by atoms with van der Waals surface area (Å²) in [6.07, 6.45) is 0. The summed E-state index contributed by atoms with van der Waals surface area (Å²) < 4.78 is 2.23. The minimum atomic E-state index is 0.00542. The summed E-state index contributed by atoms with van der Waals surface area (Å²) in [6.45, 7) is 13.5. The van der Waals surface area contributed by atoms with E-state index in [1.807, 2.05) is 78.9 Å². The molecular formula is C42H37N5. The van der Waals surface area contributed by atoms with Crippen LogP contribution >= 0.6 is 0 Å². The fraction of sp³-hybridized carbons (Fsp3) is 0.190. The topological polar surface area (TPSA) is 67.4 Å². The lowest BCUT2D eigenvalue weighted by atomic mass is 9.85. The van der Waals surface area contributed by atoms with Gasteiger partial charge in [0.05, 0.1) is 22.3 Å². The van der Waals surface area contributed by atoms with E-state index in [1.165, 1.54) is 21.9 Å². The molecule has 47 heavy (non-hydrogen) atoms. The first-order valence-corrected chi connectivity index (χ1v) is 16.0. The van der Waals surface area contributed by atoms with Gasteiger partial charge in [-0.3, -0.25) is 0 Å². The fourth-order valence-corrected chi connectivity index (χ4v) is 6.11. The lowest BCUT2D eigenvalue weighted by Gasteiger charge is -2.19. The largest absolute Gasteiger partial charge is 0.308 e. The molecule has 230 valence electrons. The molecule has 7 aromatic rings. The van der Waals surface area contributed by atoms with Crippen LogP contribution in [-0.2, 0) is 10.8 Å². The van der Waals surface area contributed by atoms with Crippen molar-refractivity contribution in [2.45, 2.75) is 52.4 Å². The zero-order valence-corrected chi connectivity index (χ0v) is 27.7. The molecule has 0 aliphatic heterocycles. The fourth-order valence-electron chi connectivity index (χ4n) is 6.11.